The molecule has 1 atom stereocenters. The zero-order chi connectivity index (χ0) is 15.0. The van der Waals surface area contributed by atoms with Gasteiger partial charge in [0, 0.05) is 6.54 Å². The van der Waals surface area contributed by atoms with Gasteiger partial charge in [0.25, 0.3) is 10.0 Å². The zero-order valence-electron chi connectivity index (χ0n) is 10.1. The largest absolute Gasteiger partial charge is 0.476 e. The van der Waals surface area contributed by atoms with Crippen molar-refractivity contribution in [1.29, 1.82) is 0 Å². The number of carboxylic acid groups (broad SMARTS) is 1. The SMILES string of the molecule is O=C(O)c1ncsc1S(=O)(=O)NCC1CCS(=O)(=O)C1. The summed E-state index contributed by atoms with van der Waals surface area (Å²) in [7, 11) is -7.06. The molecule has 0 aromatic carbocycles. The number of hydrogen-bond acceptors (Lipinski definition) is 7. The number of nitrogens with zero attached hydrogens (tertiary/aromatic N) is 1. The zero-order valence-corrected chi connectivity index (χ0v) is 12.6. The summed E-state index contributed by atoms with van der Waals surface area (Å²) in [5.41, 5.74) is 0.611. The normalized spacial score (nSPS) is 21.9. The molecule has 0 amide bonds. The van der Waals surface area contributed by atoms with Crippen molar-refractivity contribution in [2.24, 2.45) is 5.92 Å². The van der Waals surface area contributed by atoms with Gasteiger partial charge >= 0.3 is 5.97 Å². The number of sulfonamides is 1. The summed E-state index contributed by atoms with van der Waals surface area (Å²) in [5.74, 6) is -1.70. The number of aromatic carboxylic acids is 1. The van der Waals surface area contributed by atoms with E-state index >= 15 is 0 Å². The number of thiazole rings is 1. The number of nitrogens with one attached hydrogen (secondary N) is 1. The van der Waals surface area contributed by atoms with Crippen molar-refractivity contribution in [3.8, 4) is 0 Å². The maximum Gasteiger partial charge on any atom is 0.356 e. The Bertz CT molecular complexity index is 721. The van der Waals surface area contributed by atoms with Gasteiger partial charge in [0.15, 0.2) is 19.7 Å². The molecule has 0 saturated carbocycles. The predicted octanol–water partition coefficient (Wildman–Crippen LogP) is -0.446. The Morgan fingerprint density at radius 3 is 2.80 bits per heavy atom. The van der Waals surface area contributed by atoms with Crippen LogP contribution < -0.4 is 4.72 Å². The number of aromatic nitrogens is 1. The van der Waals surface area contributed by atoms with Gasteiger partial charge in [-0.15, -0.1) is 11.3 Å². The maximum absolute atomic E-state index is 12.0. The number of hydrogen-bond donors (Lipinski definition) is 2. The molecule has 20 heavy (non-hydrogen) atoms. The second-order valence-corrected chi connectivity index (χ2v) is 9.46. The smallest absolute Gasteiger partial charge is 0.356 e. The van der Waals surface area contributed by atoms with Crippen LogP contribution in [0.5, 0.6) is 0 Å². The Morgan fingerprint density at radius 2 is 2.25 bits per heavy atom. The van der Waals surface area contributed by atoms with Gasteiger partial charge in [-0.2, -0.15) is 0 Å². The molecular formula is C9H12N2O6S3. The molecule has 0 spiro atoms. The second-order valence-electron chi connectivity index (χ2n) is 4.41. The van der Waals surface area contributed by atoms with Crippen LogP contribution in [0.2, 0.25) is 0 Å². The van der Waals surface area contributed by atoms with Crippen molar-refractivity contribution in [2.75, 3.05) is 18.1 Å². The fraction of sp³-hybridized carbons (Fsp3) is 0.556. The topological polar surface area (TPSA) is 130 Å². The van der Waals surface area contributed by atoms with Gasteiger partial charge in [0.1, 0.15) is 0 Å². The van der Waals surface area contributed by atoms with Crippen LogP contribution in [0.4, 0.5) is 0 Å². The van der Waals surface area contributed by atoms with E-state index in [1.165, 1.54) is 0 Å². The Morgan fingerprint density at radius 1 is 1.55 bits per heavy atom. The minimum atomic E-state index is -3.99. The van der Waals surface area contributed by atoms with Gasteiger partial charge in [-0.25, -0.2) is 31.3 Å². The fourth-order valence-corrected chi connectivity index (χ4v) is 6.06. The lowest BCUT2D eigenvalue weighted by atomic mass is 10.1. The van der Waals surface area contributed by atoms with Gasteiger partial charge in [-0.1, -0.05) is 0 Å². The Labute approximate surface area is 119 Å². The van der Waals surface area contributed by atoms with Crippen molar-refractivity contribution in [2.45, 2.75) is 10.6 Å². The lowest BCUT2D eigenvalue weighted by molar-refractivity contribution is 0.0687. The molecule has 1 aliphatic rings. The lowest BCUT2D eigenvalue weighted by Crippen LogP contribution is -2.30. The standard InChI is InChI=1S/C9H12N2O6S3/c12-8(13)7-9(18-5-10-7)20(16,17)11-3-6-1-2-19(14,15)4-6/h5-6,11H,1-4H2,(H,12,13). The molecule has 1 aromatic heterocycles. The molecular weight excluding hydrogens is 328 g/mol. The van der Waals surface area contributed by atoms with Crippen LogP contribution in [-0.2, 0) is 19.9 Å². The molecule has 1 aromatic rings. The van der Waals surface area contributed by atoms with Crippen LogP contribution in [-0.4, -0.2) is 50.9 Å². The van der Waals surface area contributed by atoms with Gasteiger partial charge in [0.05, 0.1) is 17.0 Å². The van der Waals surface area contributed by atoms with E-state index in [-0.39, 0.29) is 28.2 Å². The van der Waals surface area contributed by atoms with Crippen LogP contribution in [0, 0.1) is 5.92 Å². The van der Waals surface area contributed by atoms with Crippen LogP contribution >= 0.6 is 11.3 Å². The highest BCUT2D eigenvalue weighted by Crippen LogP contribution is 2.22. The Balaban J connectivity index is 2.09. The van der Waals surface area contributed by atoms with E-state index in [2.05, 4.69) is 9.71 Å². The quantitative estimate of drug-likeness (QED) is 0.742. The molecule has 1 fully saturated rings. The van der Waals surface area contributed by atoms with Crippen LogP contribution in [0.15, 0.2) is 9.72 Å². The van der Waals surface area contributed by atoms with Gasteiger partial charge in [-0.05, 0) is 12.3 Å². The van der Waals surface area contributed by atoms with Crippen LogP contribution in [0.25, 0.3) is 0 Å². The average molecular weight is 340 g/mol. The van der Waals surface area contributed by atoms with E-state index in [9.17, 15) is 21.6 Å². The molecule has 0 aliphatic carbocycles. The van der Waals surface area contributed by atoms with E-state index in [1.54, 1.807) is 0 Å². The first-order valence-corrected chi connectivity index (χ1v) is 9.76. The third-order valence-electron chi connectivity index (χ3n) is 2.87. The predicted molar refractivity (Wildman–Crippen MR) is 71.0 cm³/mol. The highest BCUT2D eigenvalue weighted by Gasteiger charge is 2.31. The number of carboxylic acids is 1. The molecule has 1 aliphatic heterocycles. The minimum Gasteiger partial charge on any atom is -0.476 e. The molecule has 11 heteroatoms. The van der Waals surface area contributed by atoms with Crippen molar-refractivity contribution < 1.29 is 26.7 Å². The summed E-state index contributed by atoms with van der Waals surface area (Å²) in [5, 5.41) is 8.84. The van der Waals surface area contributed by atoms with E-state index in [4.69, 9.17) is 5.11 Å². The molecule has 1 saturated heterocycles. The average Bonchev–Trinajstić information content (AvgIpc) is 2.93. The summed E-state index contributed by atoms with van der Waals surface area (Å²) >= 11 is 0.706. The molecule has 8 nitrogen and oxygen atoms in total. The Hall–Kier alpha value is -1.04. The Kier molecular flexibility index (Phi) is 4.14. The molecule has 0 radical (unpaired) electrons. The second kappa shape index (κ2) is 5.39. The number of rotatable bonds is 5. The highest BCUT2D eigenvalue weighted by atomic mass is 32.2. The third kappa shape index (κ3) is 3.34. The summed E-state index contributed by atoms with van der Waals surface area (Å²) in [6, 6.07) is 0. The van der Waals surface area contributed by atoms with Crippen LogP contribution in [0.3, 0.4) is 0 Å². The first-order valence-electron chi connectivity index (χ1n) is 5.58. The van der Waals surface area contributed by atoms with Gasteiger partial charge in [-0.3, -0.25) is 0 Å². The molecule has 112 valence electrons. The summed E-state index contributed by atoms with van der Waals surface area (Å²) in [4.78, 5) is 14.3. The van der Waals surface area contributed by atoms with E-state index in [0.717, 1.165) is 5.51 Å². The molecule has 2 rings (SSSR count). The van der Waals surface area contributed by atoms with Crippen LogP contribution in [0.1, 0.15) is 16.9 Å². The lowest BCUT2D eigenvalue weighted by Gasteiger charge is -2.09. The summed E-state index contributed by atoms with van der Waals surface area (Å²) in [6.45, 7) is -0.0292. The molecule has 0 bridgehead atoms. The van der Waals surface area contributed by atoms with E-state index < -0.39 is 31.5 Å². The third-order valence-corrected chi connectivity index (χ3v) is 7.50. The fourth-order valence-electron chi connectivity index (χ4n) is 1.89. The van der Waals surface area contributed by atoms with Crippen molar-refractivity contribution >= 4 is 37.2 Å². The van der Waals surface area contributed by atoms with Crippen molar-refractivity contribution in [3.63, 3.8) is 0 Å². The van der Waals surface area contributed by atoms with Crippen molar-refractivity contribution in [1.82, 2.24) is 9.71 Å². The van der Waals surface area contributed by atoms with Gasteiger partial charge < -0.3 is 5.11 Å². The molecule has 1 unspecified atom stereocenters. The minimum absolute atomic E-state index is 0.0292. The van der Waals surface area contributed by atoms with Crippen molar-refractivity contribution in [3.05, 3.63) is 11.2 Å². The number of sulfone groups is 1. The first-order chi connectivity index (χ1) is 9.21. The highest BCUT2D eigenvalue weighted by molar-refractivity contribution is 7.92. The van der Waals surface area contributed by atoms with E-state index in [0.29, 0.717) is 17.8 Å². The summed E-state index contributed by atoms with van der Waals surface area (Å²) < 4.78 is 48.4. The van der Waals surface area contributed by atoms with E-state index in [1.807, 2.05) is 0 Å². The summed E-state index contributed by atoms with van der Waals surface area (Å²) in [6.07, 6.45) is 0.402. The van der Waals surface area contributed by atoms with Gasteiger partial charge in [0.2, 0.25) is 0 Å². The monoisotopic (exact) mass is 340 g/mol. The first kappa shape index (κ1) is 15.4. The molecule has 2 heterocycles. The molecule has 2 N–H and O–H groups in total. The maximum atomic E-state index is 12.0. The number of carbonyl (C=O) groups is 1.